The molecule has 0 spiro atoms. The molecule has 0 unspecified atom stereocenters. The molecular formula is C20H15O2Si. The molecule has 111 valence electrons. The molecule has 0 aliphatic rings. The van der Waals surface area contributed by atoms with Gasteiger partial charge in [-0.2, -0.15) is 0 Å². The minimum absolute atomic E-state index is 0.520. The first-order valence-electron chi connectivity index (χ1n) is 7.57. The van der Waals surface area contributed by atoms with E-state index in [4.69, 9.17) is 0 Å². The van der Waals surface area contributed by atoms with Gasteiger partial charge in [0.1, 0.15) is 0 Å². The summed E-state index contributed by atoms with van der Waals surface area (Å²) in [6.07, 6.45) is 0. The lowest BCUT2D eigenvalue weighted by Gasteiger charge is -2.20. The normalized spacial score (nSPS) is 11.9. The fourth-order valence-corrected chi connectivity index (χ4v) is 5.31. The van der Waals surface area contributed by atoms with Crippen molar-refractivity contribution in [2.24, 2.45) is 0 Å². The van der Waals surface area contributed by atoms with E-state index in [0.717, 1.165) is 21.5 Å². The average Bonchev–Trinajstić information content (AvgIpc) is 2.60. The second-order valence-corrected chi connectivity index (χ2v) is 8.06. The van der Waals surface area contributed by atoms with Crippen molar-refractivity contribution >= 4 is 40.5 Å². The maximum atomic E-state index is 13.4. The van der Waals surface area contributed by atoms with Gasteiger partial charge in [0.05, 0.1) is 0 Å². The summed E-state index contributed by atoms with van der Waals surface area (Å²) in [5, 5.41) is 4.68. The van der Waals surface area contributed by atoms with Gasteiger partial charge in [-0.05, 0) is 21.5 Å². The van der Waals surface area contributed by atoms with Gasteiger partial charge in [-0.1, -0.05) is 84.9 Å². The zero-order chi connectivity index (χ0) is 15.9. The highest BCUT2D eigenvalue weighted by molar-refractivity contribution is 6.93. The third kappa shape index (κ3) is 2.26. The molecule has 0 saturated heterocycles. The molecule has 0 amide bonds. The van der Waals surface area contributed by atoms with Crippen molar-refractivity contribution in [2.75, 3.05) is 0 Å². The van der Waals surface area contributed by atoms with Crippen molar-refractivity contribution < 1.29 is 9.59 Å². The Labute approximate surface area is 135 Å². The van der Waals surface area contributed by atoms with Crippen molar-refractivity contribution in [2.45, 2.75) is 0 Å². The summed E-state index contributed by atoms with van der Waals surface area (Å²) in [6.45, 7) is 0. The summed E-state index contributed by atoms with van der Waals surface area (Å²) in [5.74, 6) is 0. The van der Waals surface area contributed by atoms with Gasteiger partial charge in [-0.3, -0.25) is 0 Å². The Balaban J connectivity index is 2.02. The fourth-order valence-electron chi connectivity index (χ4n) is 3.19. The second kappa shape index (κ2) is 5.32. The first-order chi connectivity index (χ1) is 11.2. The number of hydrogen-bond donors (Lipinski definition) is 1. The zero-order valence-electron chi connectivity index (χ0n) is 12.4. The lowest BCUT2D eigenvalue weighted by molar-refractivity contribution is 0.330. The molecule has 3 heteroatoms. The van der Waals surface area contributed by atoms with Crippen LogP contribution in [0.4, 0.5) is 0 Å². The van der Waals surface area contributed by atoms with E-state index in [9.17, 15) is 9.59 Å². The molecule has 23 heavy (non-hydrogen) atoms. The van der Waals surface area contributed by atoms with Gasteiger partial charge in [0, 0.05) is 10.4 Å². The molecule has 4 rings (SSSR count). The van der Waals surface area contributed by atoms with Crippen LogP contribution >= 0.6 is 0 Å². The quantitative estimate of drug-likeness (QED) is 0.568. The van der Waals surface area contributed by atoms with Crippen LogP contribution in [-0.4, -0.2) is 13.4 Å². The predicted octanol–water partition coefficient (Wildman–Crippen LogP) is 2.97. The van der Waals surface area contributed by atoms with Crippen molar-refractivity contribution in [3.63, 3.8) is 0 Å². The molecule has 0 atom stereocenters. The molecule has 0 saturated carbocycles. The van der Waals surface area contributed by atoms with E-state index in [2.05, 4.69) is 0 Å². The van der Waals surface area contributed by atoms with Crippen LogP contribution in [0.15, 0.2) is 84.9 Å². The summed E-state index contributed by atoms with van der Waals surface area (Å²) in [5.41, 5.74) is 0. The fraction of sp³-hybridized carbons (Fsp3) is 0. The topological polar surface area (TPSA) is 40.1 Å². The molecule has 0 heterocycles. The van der Waals surface area contributed by atoms with Crippen LogP contribution in [0.5, 0.6) is 0 Å². The minimum Gasteiger partial charge on any atom is -0.403 e. The minimum atomic E-state index is -4.03. The van der Waals surface area contributed by atoms with Gasteiger partial charge in [0.15, 0.2) is 0 Å². The van der Waals surface area contributed by atoms with Crippen molar-refractivity contribution in [3.8, 4) is 0 Å². The third-order valence-electron chi connectivity index (χ3n) is 4.31. The van der Waals surface area contributed by atoms with Crippen LogP contribution in [0.25, 0.3) is 21.5 Å². The molecule has 0 aliphatic carbocycles. The zero-order valence-corrected chi connectivity index (χ0v) is 13.4. The molecule has 2 nitrogen and oxygen atoms in total. The third-order valence-corrected chi connectivity index (χ3v) is 6.64. The maximum Gasteiger partial charge on any atom is 0.437 e. The summed E-state index contributed by atoms with van der Waals surface area (Å²) in [6, 6.07) is 26.6. The molecule has 0 aliphatic heterocycles. The van der Waals surface area contributed by atoms with E-state index in [1.807, 2.05) is 72.8 Å². The van der Waals surface area contributed by atoms with Gasteiger partial charge in [-0.15, -0.1) is 0 Å². The van der Waals surface area contributed by atoms with Gasteiger partial charge in [0.2, 0.25) is 0 Å². The van der Waals surface area contributed by atoms with Crippen LogP contribution in [0, 0.1) is 0 Å². The van der Waals surface area contributed by atoms with Crippen molar-refractivity contribution in [1.82, 2.24) is 0 Å². The van der Waals surface area contributed by atoms with Crippen LogP contribution in [0.3, 0.4) is 0 Å². The molecular weight excluding hydrogens is 300 g/mol. The van der Waals surface area contributed by atoms with Crippen molar-refractivity contribution in [3.05, 3.63) is 84.9 Å². The van der Waals surface area contributed by atoms with Gasteiger partial charge in [0.25, 0.3) is 0 Å². The highest BCUT2D eigenvalue weighted by atomic mass is 28.4. The molecule has 4 aromatic carbocycles. The highest BCUT2D eigenvalue weighted by Gasteiger charge is 2.39. The molecule has 1 N–H and O–H groups in total. The van der Waals surface area contributed by atoms with Crippen LogP contribution in [0.1, 0.15) is 0 Å². The van der Waals surface area contributed by atoms with Gasteiger partial charge < -0.3 is 4.80 Å². The van der Waals surface area contributed by atoms with E-state index in [1.165, 1.54) is 0 Å². The largest absolute Gasteiger partial charge is 0.437 e. The monoisotopic (exact) mass is 315 g/mol. The van der Waals surface area contributed by atoms with E-state index < -0.39 is 8.56 Å². The van der Waals surface area contributed by atoms with Crippen molar-refractivity contribution in [1.29, 1.82) is 0 Å². The van der Waals surface area contributed by atoms with E-state index in [0.29, 0.717) is 10.4 Å². The standard InChI is InChI=1S/C20H15O2Si/c21-23(22,19-13-5-9-15-7-1-3-11-17(15)19)20-14-6-10-16-8-2-4-12-18(16)20/h1-14,21H. The Hall–Kier alpha value is -2.46. The lowest BCUT2D eigenvalue weighted by atomic mass is 10.1. The van der Waals surface area contributed by atoms with Crippen LogP contribution in [0.2, 0.25) is 0 Å². The summed E-state index contributed by atoms with van der Waals surface area (Å²) in [4.78, 5) is 24.5. The summed E-state index contributed by atoms with van der Waals surface area (Å²) in [7, 11) is -4.03. The maximum absolute atomic E-state index is 13.4. The molecule has 1 radical (unpaired) electrons. The van der Waals surface area contributed by atoms with E-state index in [-0.39, 0.29) is 0 Å². The Morgan fingerprint density at radius 3 is 1.43 bits per heavy atom. The first kappa shape index (κ1) is 14.1. The Morgan fingerprint density at radius 1 is 0.565 bits per heavy atom. The Kier molecular flexibility index (Phi) is 3.27. The van der Waals surface area contributed by atoms with Gasteiger partial charge >= 0.3 is 8.56 Å². The molecule has 4 aromatic rings. The Morgan fingerprint density at radius 2 is 0.957 bits per heavy atom. The van der Waals surface area contributed by atoms with Gasteiger partial charge in [-0.25, -0.2) is 4.80 Å². The number of rotatable bonds is 2. The number of benzene rings is 4. The smallest absolute Gasteiger partial charge is 0.403 e. The number of fused-ring (bicyclic) bond motifs is 2. The average molecular weight is 315 g/mol. The van der Waals surface area contributed by atoms with Crippen LogP contribution in [-0.2, 0) is 4.80 Å². The van der Waals surface area contributed by atoms with Crippen LogP contribution < -0.4 is 10.4 Å². The highest BCUT2D eigenvalue weighted by Crippen LogP contribution is 2.17. The van der Waals surface area contributed by atoms with E-state index >= 15 is 0 Å². The molecule has 0 bridgehead atoms. The summed E-state index contributed by atoms with van der Waals surface area (Å²) >= 11 is 0. The summed E-state index contributed by atoms with van der Waals surface area (Å²) < 4.78 is 0. The second-order valence-electron chi connectivity index (χ2n) is 5.70. The first-order valence-corrected chi connectivity index (χ1v) is 9.43. The SMILES string of the molecule is [O][Si](O)(c1cccc2ccccc12)c1cccc2ccccc12. The predicted molar refractivity (Wildman–Crippen MR) is 95.8 cm³/mol. The molecule has 0 fully saturated rings. The number of hydrogen-bond acceptors (Lipinski definition) is 1. The van der Waals surface area contributed by atoms with E-state index in [1.54, 1.807) is 12.1 Å². The lowest BCUT2D eigenvalue weighted by Crippen LogP contribution is -2.58. The Bertz CT molecular complexity index is 916. The molecule has 0 aromatic heterocycles.